The van der Waals surface area contributed by atoms with Crippen LogP contribution in [0.3, 0.4) is 0 Å². The number of nitriles is 1. The number of carbonyl (C=O) groups excluding carboxylic acids is 1. The van der Waals surface area contributed by atoms with Gasteiger partial charge in [0, 0.05) is 51.3 Å². The third-order valence-electron chi connectivity index (χ3n) is 6.78. The van der Waals surface area contributed by atoms with Gasteiger partial charge in [0.15, 0.2) is 11.6 Å². The van der Waals surface area contributed by atoms with E-state index in [1.54, 1.807) is 4.57 Å². The Labute approximate surface area is 215 Å². The molecule has 0 bridgehead atoms. The zero-order valence-electron chi connectivity index (χ0n) is 21.6. The molecule has 1 aliphatic heterocycles. The fraction of sp³-hybridized carbons (Fsp3) is 0.538. The van der Waals surface area contributed by atoms with E-state index >= 15 is 4.39 Å². The molecule has 2 atom stereocenters. The first-order valence-corrected chi connectivity index (χ1v) is 12.4. The summed E-state index contributed by atoms with van der Waals surface area (Å²) in [4.78, 5) is 37.7. The number of nitrogens with one attached hydrogen (secondary N) is 2. The number of rotatable bonds is 8. The third-order valence-corrected chi connectivity index (χ3v) is 6.78. The van der Waals surface area contributed by atoms with Crippen LogP contribution >= 0.6 is 0 Å². The highest BCUT2D eigenvalue weighted by atomic mass is 19.1. The molecule has 2 unspecified atom stereocenters. The molecule has 10 nitrogen and oxygen atoms in total. The van der Waals surface area contributed by atoms with Crippen molar-refractivity contribution in [3.8, 4) is 11.8 Å². The Morgan fingerprint density at radius 2 is 2.03 bits per heavy atom. The second kappa shape index (κ2) is 12.1. The summed E-state index contributed by atoms with van der Waals surface area (Å²) < 4.78 is 22.9. The van der Waals surface area contributed by atoms with Crippen LogP contribution < -0.4 is 25.7 Å². The van der Waals surface area contributed by atoms with Gasteiger partial charge in [-0.3, -0.25) is 9.59 Å². The molecule has 2 fully saturated rings. The number of hydrogen-bond acceptors (Lipinski definition) is 7. The van der Waals surface area contributed by atoms with E-state index in [0.29, 0.717) is 31.6 Å². The maximum atomic E-state index is 15.5. The minimum Gasteiger partial charge on any atom is -0.492 e. The summed E-state index contributed by atoms with van der Waals surface area (Å²) in [7, 11) is 3.27. The number of amides is 1. The molecule has 1 saturated heterocycles. The third kappa shape index (κ3) is 6.02. The van der Waals surface area contributed by atoms with Crippen molar-refractivity contribution in [3.05, 3.63) is 33.9 Å². The van der Waals surface area contributed by atoms with E-state index in [1.165, 1.54) is 20.2 Å². The number of hydrogen-bond donors (Lipinski definition) is 3. The average Bonchev–Trinajstić information content (AvgIpc) is 3.61. The van der Waals surface area contributed by atoms with Crippen LogP contribution in [0.1, 0.15) is 55.9 Å². The van der Waals surface area contributed by atoms with E-state index in [2.05, 4.69) is 10.6 Å². The topological polar surface area (TPSA) is 137 Å². The number of anilines is 1. The Hall–Kier alpha value is -3.65. The molecule has 0 radical (unpaired) electrons. The number of ether oxygens (including phenoxy) is 1. The highest BCUT2D eigenvalue weighted by Crippen LogP contribution is 2.44. The van der Waals surface area contributed by atoms with Gasteiger partial charge >= 0.3 is 5.97 Å². The van der Waals surface area contributed by atoms with E-state index in [-0.39, 0.29) is 46.3 Å². The molecule has 37 heavy (non-hydrogen) atoms. The maximum absolute atomic E-state index is 15.5. The quantitative estimate of drug-likeness (QED) is 0.488. The molecule has 200 valence electrons. The smallest absolute Gasteiger partial charge is 0.341 e. The van der Waals surface area contributed by atoms with Gasteiger partial charge < -0.3 is 29.9 Å². The molecule has 0 spiro atoms. The summed E-state index contributed by atoms with van der Waals surface area (Å²) in [5, 5.41) is 23.2. The van der Waals surface area contributed by atoms with Crippen molar-refractivity contribution in [3.63, 3.8) is 0 Å². The number of methoxy groups -OCH3 is 1. The number of halogens is 1. The van der Waals surface area contributed by atoms with Crippen molar-refractivity contribution in [2.75, 3.05) is 38.7 Å². The van der Waals surface area contributed by atoms with E-state index in [9.17, 15) is 19.5 Å². The molecule has 2 aliphatic rings. The van der Waals surface area contributed by atoms with E-state index < -0.39 is 17.2 Å². The maximum Gasteiger partial charge on any atom is 0.341 e. The molecular formula is C26H34FN5O5. The number of nitrogens with zero attached hydrogens (tertiary/aromatic N) is 3. The summed E-state index contributed by atoms with van der Waals surface area (Å²) in [5.41, 5.74) is -0.389. The van der Waals surface area contributed by atoms with Crippen LogP contribution in [0.4, 0.5) is 10.1 Å². The zero-order chi connectivity index (χ0) is 27.3. The minimum absolute atomic E-state index is 0.00871. The van der Waals surface area contributed by atoms with Crippen molar-refractivity contribution in [2.24, 2.45) is 5.92 Å². The van der Waals surface area contributed by atoms with E-state index in [0.717, 1.165) is 25.3 Å². The van der Waals surface area contributed by atoms with Crippen LogP contribution in [0.15, 0.2) is 17.1 Å². The normalized spacial score (nSPS) is 17.5. The van der Waals surface area contributed by atoms with Crippen LogP contribution in [0.25, 0.3) is 10.9 Å². The Morgan fingerprint density at radius 3 is 2.54 bits per heavy atom. The number of likely N-dealkylation sites (N-methyl/N-ethyl adjacent to an activating group) is 1. The molecule has 2 aromatic rings. The van der Waals surface area contributed by atoms with E-state index in [4.69, 9.17) is 10.00 Å². The number of aromatic nitrogens is 1. The average molecular weight is 516 g/mol. The fourth-order valence-electron chi connectivity index (χ4n) is 4.80. The molecule has 1 saturated carbocycles. The summed E-state index contributed by atoms with van der Waals surface area (Å²) in [6.07, 6.45) is 4.47. The largest absolute Gasteiger partial charge is 0.492 e. The van der Waals surface area contributed by atoms with Gasteiger partial charge in [-0.2, -0.15) is 5.26 Å². The van der Waals surface area contributed by atoms with Crippen LogP contribution in [0.5, 0.6) is 5.75 Å². The van der Waals surface area contributed by atoms with Gasteiger partial charge in [0.2, 0.25) is 11.3 Å². The predicted octanol–water partition coefficient (Wildman–Crippen LogP) is 2.65. The Balaban J connectivity index is 0.000000886. The summed E-state index contributed by atoms with van der Waals surface area (Å²) in [6.45, 7) is 4.90. The lowest BCUT2D eigenvalue weighted by molar-refractivity contribution is -0.119. The lowest BCUT2D eigenvalue weighted by atomic mass is 9.99. The Bertz CT molecular complexity index is 1270. The molecule has 11 heteroatoms. The van der Waals surface area contributed by atoms with Crippen LogP contribution in [-0.2, 0) is 4.79 Å². The second-order valence-corrected chi connectivity index (χ2v) is 9.29. The lowest BCUT2D eigenvalue weighted by Crippen LogP contribution is -2.44. The minimum atomic E-state index is -1.33. The summed E-state index contributed by atoms with van der Waals surface area (Å²) in [5.74, 6) is -1.65. The number of carboxylic acids is 1. The van der Waals surface area contributed by atoms with Gasteiger partial charge in [0.1, 0.15) is 11.3 Å². The van der Waals surface area contributed by atoms with E-state index in [1.807, 2.05) is 24.9 Å². The summed E-state index contributed by atoms with van der Waals surface area (Å²) in [6, 6.07) is 3.15. The monoisotopic (exact) mass is 515 g/mol. The molecule has 1 aromatic carbocycles. The number of benzene rings is 1. The van der Waals surface area contributed by atoms with Gasteiger partial charge in [-0.05, 0) is 38.3 Å². The molecule has 3 N–H and O–H groups in total. The number of fused-ring (bicyclic) bond motifs is 1. The van der Waals surface area contributed by atoms with Crippen LogP contribution in [-0.4, -0.2) is 61.4 Å². The lowest BCUT2D eigenvalue weighted by Gasteiger charge is -2.27. The van der Waals surface area contributed by atoms with Gasteiger partial charge in [0.05, 0.1) is 24.1 Å². The standard InChI is InChI=1S/C23H29FN4O5.C3H5N/c1-12(29)26-9-18(25-2)13-6-7-27(10-13)20-17(24)8-15-19(22(20)33-3)28(14-4-5-14)11-16(21(15)30)23(31)32;1-2-3-4/h8,11,13-14,18,25H,4-7,9-10H2,1-3H3,(H,26,29)(H,31,32);2H2,1H3. The van der Waals surface area contributed by atoms with Crippen molar-refractivity contribution in [2.45, 2.75) is 51.6 Å². The predicted molar refractivity (Wildman–Crippen MR) is 138 cm³/mol. The first kappa shape index (κ1) is 27.9. The first-order valence-electron chi connectivity index (χ1n) is 12.4. The SMILES string of the molecule is CCC#N.CNC(CNC(C)=O)C1CCN(c2c(F)cc3c(=O)c(C(=O)O)cn(C4CC4)c3c2OC)C1. The van der Waals surface area contributed by atoms with Crippen molar-refractivity contribution in [1.82, 2.24) is 15.2 Å². The van der Waals surface area contributed by atoms with Crippen LogP contribution in [0.2, 0.25) is 0 Å². The number of carboxylic acid groups (broad SMARTS) is 1. The van der Waals surface area contributed by atoms with Gasteiger partial charge in [-0.1, -0.05) is 6.92 Å². The highest BCUT2D eigenvalue weighted by molar-refractivity contribution is 5.97. The molecule has 4 rings (SSSR count). The molecule has 1 aliphatic carbocycles. The van der Waals surface area contributed by atoms with Crippen molar-refractivity contribution >= 4 is 28.5 Å². The number of carbonyl (C=O) groups is 2. The molecule has 2 heterocycles. The number of pyridine rings is 1. The van der Waals surface area contributed by atoms with Crippen molar-refractivity contribution in [1.29, 1.82) is 5.26 Å². The van der Waals surface area contributed by atoms with Crippen LogP contribution in [0, 0.1) is 23.1 Å². The Kier molecular flexibility index (Phi) is 9.10. The summed E-state index contributed by atoms with van der Waals surface area (Å²) >= 11 is 0. The van der Waals surface area contributed by atoms with Gasteiger partial charge in [-0.15, -0.1) is 0 Å². The second-order valence-electron chi connectivity index (χ2n) is 9.29. The van der Waals surface area contributed by atoms with Gasteiger partial charge in [-0.25, -0.2) is 9.18 Å². The highest BCUT2D eigenvalue weighted by Gasteiger charge is 2.35. The Morgan fingerprint density at radius 1 is 1.35 bits per heavy atom. The fourth-order valence-corrected chi connectivity index (χ4v) is 4.80. The molecule has 1 aromatic heterocycles. The molecular weight excluding hydrogens is 481 g/mol. The first-order chi connectivity index (χ1) is 17.7. The van der Waals surface area contributed by atoms with Crippen molar-refractivity contribution < 1.29 is 23.8 Å². The zero-order valence-corrected chi connectivity index (χ0v) is 21.6. The van der Waals surface area contributed by atoms with Gasteiger partial charge in [0.25, 0.3) is 0 Å². The number of aromatic carboxylic acids is 1. The molecule has 1 amide bonds.